The van der Waals surface area contributed by atoms with Crippen molar-refractivity contribution >= 4 is 11.8 Å². The van der Waals surface area contributed by atoms with Crippen molar-refractivity contribution in [2.45, 2.75) is 12.8 Å². The van der Waals surface area contributed by atoms with E-state index < -0.39 is 5.97 Å². The van der Waals surface area contributed by atoms with Gasteiger partial charge in [-0.25, -0.2) is 4.79 Å². The Morgan fingerprint density at radius 1 is 1.21 bits per heavy atom. The molecule has 0 aliphatic heterocycles. The van der Waals surface area contributed by atoms with Crippen molar-refractivity contribution in [2.24, 2.45) is 7.05 Å². The molecule has 1 unspecified atom stereocenters. The number of carbonyl (C=O) groups is 2. The fourth-order valence-corrected chi connectivity index (χ4v) is 2.05. The molecule has 0 amide bonds. The number of aryl methyl sites for hydroxylation is 1. The van der Waals surface area contributed by atoms with Crippen LogP contribution in [-0.4, -0.2) is 21.4 Å². The number of hydrogen-bond donors (Lipinski definition) is 1. The lowest BCUT2D eigenvalue weighted by molar-refractivity contribution is 0.0686. The van der Waals surface area contributed by atoms with E-state index in [-0.39, 0.29) is 17.4 Å². The van der Waals surface area contributed by atoms with Crippen LogP contribution >= 0.6 is 0 Å². The Labute approximate surface area is 111 Å². The Morgan fingerprint density at radius 3 is 2.37 bits per heavy atom. The highest BCUT2D eigenvalue weighted by Crippen LogP contribution is 2.21. The summed E-state index contributed by atoms with van der Waals surface area (Å²) in [7, 11) is 1.62. The molecule has 4 heteroatoms. The Balaban J connectivity index is 2.30. The highest BCUT2D eigenvalue weighted by Gasteiger charge is 2.20. The van der Waals surface area contributed by atoms with Gasteiger partial charge in [-0.3, -0.25) is 4.79 Å². The Bertz CT molecular complexity index is 614. The molecule has 0 radical (unpaired) electrons. The first-order chi connectivity index (χ1) is 9.00. The number of aromatic carboxylic acids is 1. The normalized spacial score (nSPS) is 12.1. The third-order valence-electron chi connectivity index (χ3n) is 3.20. The van der Waals surface area contributed by atoms with Crippen molar-refractivity contribution in [3.63, 3.8) is 0 Å². The van der Waals surface area contributed by atoms with Crippen LogP contribution in [0.3, 0.4) is 0 Å². The number of hydrogen-bond acceptors (Lipinski definition) is 2. The van der Waals surface area contributed by atoms with E-state index in [1.165, 1.54) is 10.6 Å². The number of nitrogens with zero attached hydrogens (tertiary/aromatic N) is 1. The minimum absolute atomic E-state index is 0.0747. The summed E-state index contributed by atoms with van der Waals surface area (Å²) >= 11 is 0. The van der Waals surface area contributed by atoms with Gasteiger partial charge in [0.15, 0.2) is 5.78 Å². The molecular weight excluding hydrogens is 242 g/mol. The van der Waals surface area contributed by atoms with Crippen LogP contribution in [0.5, 0.6) is 0 Å². The van der Waals surface area contributed by atoms with Crippen LogP contribution in [-0.2, 0) is 7.05 Å². The molecule has 4 nitrogen and oxygen atoms in total. The van der Waals surface area contributed by atoms with Gasteiger partial charge in [0.05, 0.1) is 0 Å². The minimum atomic E-state index is -1.03. The van der Waals surface area contributed by atoms with Gasteiger partial charge in [-0.1, -0.05) is 37.3 Å². The summed E-state index contributed by atoms with van der Waals surface area (Å²) < 4.78 is 1.45. The zero-order chi connectivity index (χ0) is 14.0. The van der Waals surface area contributed by atoms with E-state index in [1.54, 1.807) is 13.2 Å². The number of carboxylic acid groups (broad SMARTS) is 1. The van der Waals surface area contributed by atoms with Crippen molar-refractivity contribution in [3.05, 3.63) is 59.4 Å². The highest BCUT2D eigenvalue weighted by molar-refractivity contribution is 6.02. The van der Waals surface area contributed by atoms with Gasteiger partial charge in [-0.2, -0.15) is 0 Å². The molecule has 2 aromatic rings. The van der Waals surface area contributed by atoms with Crippen LogP contribution in [0.25, 0.3) is 0 Å². The third kappa shape index (κ3) is 2.57. The summed E-state index contributed by atoms with van der Waals surface area (Å²) in [6.45, 7) is 1.82. The van der Waals surface area contributed by atoms with Gasteiger partial charge >= 0.3 is 5.97 Å². The molecule has 1 aromatic heterocycles. The first-order valence-electron chi connectivity index (χ1n) is 5.99. The van der Waals surface area contributed by atoms with E-state index in [9.17, 15) is 9.59 Å². The molecule has 0 bridgehead atoms. The van der Waals surface area contributed by atoms with Gasteiger partial charge in [-0.15, -0.1) is 0 Å². The molecule has 1 aromatic carbocycles. The monoisotopic (exact) mass is 257 g/mol. The van der Waals surface area contributed by atoms with Gasteiger partial charge in [-0.05, 0) is 11.6 Å². The molecule has 0 saturated carbocycles. The molecule has 0 aliphatic carbocycles. The summed E-state index contributed by atoms with van der Waals surface area (Å²) in [6.07, 6.45) is 1.56. The van der Waals surface area contributed by atoms with E-state index in [4.69, 9.17) is 5.11 Å². The maximum atomic E-state index is 12.3. The lowest BCUT2D eigenvalue weighted by Crippen LogP contribution is -2.08. The van der Waals surface area contributed by atoms with Crippen molar-refractivity contribution < 1.29 is 14.7 Å². The Morgan fingerprint density at radius 2 is 1.84 bits per heavy atom. The summed E-state index contributed by atoms with van der Waals surface area (Å²) in [5.41, 5.74) is 1.47. The Hall–Kier alpha value is -2.36. The van der Waals surface area contributed by atoms with Gasteiger partial charge in [0.25, 0.3) is 0 Å². The number of rotatable bonds is 4. The van der Waals surface area contributed by atoms with Gasteiger partial charge < -0.3 is 9.67 Å². The lowest BCUT2D eigenvalue weighted by atomic mass is 9.93. The number of Topliss-reactive ketones (excluding diaryl/α,β-unsaturated/α-hetero) is 1. The maximum absolute atomic E-state index is 12.3. The molecule has 1 heterocycles. The van der Waals surface area contributed by atoms with Crippen LogP contribution in [0.4, 0.5) is 0 Å². The van der Waals surface area contributed by atoms with Crippen LogP contribution in [0, 0.1) is 0 Å². The van der Waals surface area contributed by atoms with Crippen molar-refractivity contribution in [2.75, 3.05) is 0 Å². The summed E-state index contributed by atoms with van der Waals surface area (Å²) in [5.74, 6) is -1.39. The second-order valence-electron chi connectivity index (χ2n) is 4.53. The van der Waals surface area contributed by atoms with Gasteiger partial charge in [0, 0.05) is 24.7 Å². The average molecular weight is 257 g/mol. The molecule has 0 spiro atoms. The molecule has 1 N–H and O–H groups in total. The molecule has 0 fully saturated rings. The topological polar surface area (TPSA) is 59.3 Å². The number of benzene rings is 1. The third-order valence-corrected chi connectivity index (χ3v) is 3.20. The number of aromatic nitrogens is 1. The van der Waals surface area contributed by atoms with Crippen molar-refractivity contribution in [1.82, 2.24) is 4.57 Å². The molecule has 2 rings (SSSR count). The number of carbonyl (C=O) groups excluding carboxylic acids is 1. The van der Waals surface area contributed by atoms with E-state index in [0.29, 0.717) is 5.56 Å². The standard InChI is InChI=1S/C15H15NO3/c1-10(11-6-4-3-5-7-11)14(17)12-8-13(15(18)19)16(2)9-12/h3-10H,1-2H3,(H,18,19). The zero-order valence-electron chi connectivity index (χ0n) is 10.8. The molecule has 0 aliphatic rings. The van der Waals surface area contributed by atoms with Gasteiger partial charge in [0.1, 0.15) is 5.69 Å². The van der Waals surface area contributed by atoms with Gasteiger partial charge in [0.2, 0.25) is 0 Å². The first-order valence-corrected chi connectivity index (χ1v) is 5.99. The fourth-order valence-electron chi connectivity index (χ4n) is 2.05. The van der Waals surface area contributed by atoms with E-state index >= 15 is 0 Å². The molecule has 0 saturated heterocycles. The van der Waals surface area contributed by atoms with Crippen LogP contribution in [0.15, 0.2) is 42.6 Å². The van der Waals surface area contributed by atoms with Crippen molar-refractivity contribution in [1.29, 1.82) is 0 Å². The highest BCUT2D eigenvalue weighted by atomic mass is 16.4. The van der Waals surface area contributed by atoms with Crippen LogP contribution < -0.4 is 0 Å². The summed E-state index contributed by atoms with van der Waals surface area (Å²) in [6, 6.07) is 10.9. The fraction of sp³-hybridized carbons (Fsp3) is 0.200. The van der Waals surface area contributed by atoms with E-state index in [1.807, 2.05) is 37.3 Å². The quantitative estimate of drug-likeness (QED) is 0.857. The Kier molecular flexibility index (Phi) is 3.51. The SMILES string of the molecule is CC(C(=O)c1cc(C(=O)O)n(C)c1)c1ccccc1. The second-order valence-corrected chi connectivity index (χ2v) is 4.53. The second kappa shape index (κ2) is 5.10. The molecule has 19 heavy (non-hydrogen) atoms. The smallest absolute Gasteiger partial charge is 0.352 e. The number of ketones is 1. The maximum Gasteiger partial charge on any atom is 0.352 e. The summed E-state index contributed by atoms with van der Waals surface area (Å²) in [4.78, 5) is 23.3. The van der Waals surface area contributed by atoms with E-state index in [2.05, 4.69) is 0 Å². The molecule has 98 valence electrons. The molecular formula is C15H15NO3. The first kappa shape index (κ1) is 13.1. The van der Waals surface area contributed by atoms with Crippen LogP contribution in [0.2, 0.25) is 0 Å². The molecule has 1 atom stereocenters. The summed E-state index contributed by atoms with van der Waals surface area (Å²) in [5, 5.41) is 8.98. The zero-order valence-corrected chi connectivity index (χ0v) is 10.8. The van der Waals surface area contributed by atoms with Crippen LogP contribution in [0.1, 0.15) is 39.3 Å². The number of carboxylic acids is 1. The largest absolute Gasteiger partial charge is 0.477 e. The van der Waals surface area contributed by atoms with E-state index in [0.717, 1.165) is 5.56 Å². The minimum Gasteiger partial charge on any atom is -0.477 e. The van der Waals surface area contributed by atoms with Crippen molar-refractivity contribution in [3.8, 4) is 0 Å². The predicted octanol–water partition coefficient (Wildman–Crippen LogP) is 2.71. The average Bonchev–Trinajstić information content (AvgIpc) is 2.80. The lowest BCUT2D eigenvalue weighted by Gasteiger charge is -2.09. The predicted molar refractivity (Wildman–Crippen MR) is 71.6 cm³/mol.